The lowest BCUT2D eigenvalue weighted by atomic mass is 9.68. The molecule has 0 N–H and O–H groups in total. The minimum Gasteiger partial charge on any atom is -0.502 e. The second kappa shape index (κ2) is 8.00. The van der Waals surface area contributed by atoms with Gasteiger partial charge in [0, 0.05) is 16.5 Å². The Bertz CT molecular complexity index is 767. The molecule has 1 aliphatic heterocycles. The lowest BCUT2D eigenvalue weighted by molar-refractivity contribution is 0.176. The summed E-state index contributed by atoms with van der Waals surface area (Å²) in [6, 6.07) is 14.1. The standard InChI is InChI=1S/C22H24O4/c1-4-24-15-13-22(14-16-25-5-2)17-9-6-7-11-19(17)26-21-18(22)10-8-12-20(21)23-3/h4-12H,1-2,13-16H2,3H3. The largest absolute Gasteiger partial charge is 0.502 e. The van der Waals surface area contributed by atoms with Crippen molar-refractivity contribution in [2.45, 2.75) is 18.3 Å². The van der Waals surface area contributed by atoms with Gasteiger partial charge in [-0.15, -0.1) is 0 Å². The van der Waals surface area contributed by atoms with Crippen molar-refractivity contribution in [3.8, 4) is 17.2 Å². The van der Waals surface area contributed by atoms with Gasteiger partial charge in [0.05, 0.1) is 32.8 Å². The van der Waals surface area contributed by atoms with Gasteiger partial charge in [-0.1, -0.05) is 43.5 Å². The molecule has 0 aromatic heterocycles. The molecule has 0 unspecified atom stereocenters. The SMILES string of the molecule is C=COCCC1(CCOC=C)c2ccccc2Oc2c(OC)cccc21. The minimum atomic E-state index is -0.315. The fraction of sp³-hybridized carbons (Fsp3) is 0.273. The maximum atomic E-state index is 6.22. The summed E-state index contributed by atoms with van der Waals surface area (Å²) >= 11 is 0. The van der Waals surface area contributed by atoms with E-state index in [1.807, 2.05) is 30.3 Å². The number of methoxy groups -OCH3 is 1. The van der Waals surface area contributed by atoms with Crippen molar-refractivity contribution in [1.29, 1.82) is 0 Å². The van der Waals surface area contributed by atoms with Crippen molar-refractivity contribution in [1.82, 2.24) is 0 Å². The molecule has 2 aromatic carbocycles. The summed E-state index contributed by atoms with van der Waals surface area (Å²) in [6.07, 6.45) is 4.48. The molecule has 136 valence electrons. The molecule has 1 aliphatic rings. The minimum absolute atomic E-state index is 0.315. The number of ether oxygens (including phenoxy) is 4. The van der Waals surface area contributed by atoms with Crippen LogP contribution < -0.4 is 9.47 Å². The van der Waals surface area contributed by atoms with Gasteiger partial charge in [0.15, 0.2) is 11.5 Å². The van der Waals surface area contributed by atoms with E-state index in [2.05, 4.69) is 25.3 Å². The average molecular weight is 352 g/mol. The predicted octanol–water partition coefficient (Wildman–Crippen LogP) is 5.19. The van der Waals surface area contributed by atoms with Crippen molar-refractivity contribution < 1.29 is 18.9 Å². The zero-order chi connectivity index (χ0) is 18.4. The van der Waals surface area contributed by atoms with E-state index in [0.29, 0.717) is 13.2 Å². The first-order valence-corrected chi connectivity index (χ1v) is 8.66. The first-order valence-electron chi connectivity index (χ1n) is 8.66. The van der Waals surface area contributed by atoms with Crippen LogP contribution in [0.5, 0.6) is 17.2 Å². The van der Waals surface area contributed by atoms with Crippen molar-refractivity contribution in [3.63, 3.8) is 0 Å². The van der Waals surface area contributed by atoms with Gasteiger partial charge < -0.3 is 18.9 Å². The summed E-state index contributed by atoms with van der Waals surface area (Å²) in [5.41, 5.74) is 1.89. The molecular formula is C22H24O4. The summed E-state index contributed by atoms with van der Waals surface area (Å²) < 4.78 is 22.7. The highest BCUT2D eigenvalue weighted by molar-refractivity contribution is 5.62. The highest BCUT2D eigenvalue weighted by Gasteiger charge is 2.42. The van der Waals surface area contributed by atoms with Crippen LogP contribution in [0.15, 0.2) is 68.1 Å². The summed E-state index contributed by atoms with van der Waals surface area (Å²) in [5.74, 6) is 2.31. The van der Waals surface area contributed by atoms with E-state index >= 15 is 0 Å². The van der Waals surface area contributed by atoms with E-state index < -0.39 is 0 Å². The van der Waals surface area contributed by atoms with Crippen LogP contribution in [0.1, 0.15) is 24.0 Å². The molecule has 2 aromatic rings. The predicted molar refractivity (Wildman–Crippen MR) is 102 cm³/mol. The Morgan fingerprint density at radius 2 is 1.58 bits per heavy atom. The van der Waals surface area contributed by atoms with Gasteiger partial charge in [0.1, 0.15) is 5.75 Å². The molecule has 4 nitrogen and oxygen atoms in total. The van der Waals surface area contributed by atoms with E-state index in [0.717, 1.165) is 41.2 Å². The number of benzene rings is 2. The zero-order valence-electron chi connectivity index (χ0n) is 15.1. The van der Waals surface area contributed by atoms with Gasteiger partial charge in [-0.3, -0.25) is 0 Å². The highest BCUT2D eigenvalue weighted by atomic mass is 16.5. The van der Waals surface area contributed by atoms with Crippen LogP contribution in [0, 0.1) is 0 Å². The molecule has 26 heavy (non-hydrogen) atoms. The fourth-order valence-electron chi connectivity index (χ4n) is 3.66. The van der Waals surface area contributed by atoms with Crippen molar-refractivity contribution in [2.75, 3.05) is 20.3 Å². The first kappa shape index (κ1) is 17.9. The third-order valence-electron chi connectivity index (χ3n) is 4.86. The quantitative estimate of drug-likeness (QED) is 0.460. The topological polar surface area (TPSA) is 36.9 Å². The van der Waals surface area contributed by atoms with Crippen LogP contribution >= 0.6 is 0 Å². The van der Waals surface area contributed by atoms with Gasteiger partial charge in [-0.2, -0.15) is 0 Å². The van der Waals surface area contributed by atoms with Crippen molar-refractivity contribution in [2.24, 2.45) is 0 Å². The van der Waals surface area contributed by atoms with E-state index in [1.165, 1.54) is 12.5 Å². The van der Waals surface area contributed by atoms with Crippen LogP contribution in [0.2, 0.25) is 0 Å². The summed E-state index contributed by atoms with van der Waals surface area (Å²) in [7, 11) is 1.66. The Balaban J connectivity index is 2.16. The normalized spacial score (nSPS) is 13.6. The van der Waals surface area contributed by atoms with Crippen LogP contribution in [-0.2, 0) is 14.9 Å². The van der Waals surface area contributed by atoms with Gasteiger partial charge in [-0.25, -0.2) is 0 Å². The molecule has 0 atom stereocenters. The van der Waals surface area contributed by atoms with Crippen molar-refractivity contribution in [3.05, 3.63) is 79.3 Å². The maximum Gasteiger partial charge on any atom is 0.173 e. The molecule has 1 heterocycles. The lowest BCUT2D eigenvalue weighted by Crippen LogP contribution is -2.34. The highest BCUT2D eigenvalue weighted by Crippen LogP contribution is 2.54. The molecule has 0 aliphatic carbocycles. The molecule has 0 spiro atoms. The smallest absolute Gasteiger partial charge is 0.173 e. The number of rotatable bonds is 9. The molecular weight excluding hydrogens is 328 g/mol. The second-order valence-corrected chi connectivity index (χ2v) is 6.09. The molecule has 0 fully saturated rings. The van der Waals surface area contributed by atoms with Gasteiger partial charge in [-0.05, 0) is 25.0 Å². The van der Waals surface area contributed by atoms with Crippen molar-refractivity contribution >= 4 is 0 Å². The summed E-state index contributed by atoms with van der Waals surface area (Å²) in [4.78, 5) is 0. The molecule has 0 saturated carbocycles. The Morgan fingerprint density at radius 1 is 0.923 bits per heavy atom. The van der Waals surface area contributed by atoms with E-state index in [1.54, 1.807) is 7.11 Å². The van der Waals surface area contributed by atoms with Gasteiger partial charge in [0.2, 0.25) is 0 Å². The third-order valence-corrected chi connectivity index (χ3v) is 4.86. The fourth-order valence-corrected chi connectivity index (χ4v) is 3.66. The van der Waals surface area contributed by atoms with E-state index in [-0.39, 0.29) is 5.41 Å². The molecule has 0 radical (unpaired) electrons. The third kappa shape index (κ3) is 3.15. The number of fused-ring (bicyclic) bond motifs is 2. The van der Waals surface area contributed by atoms with Crippen LogP contribution in [0.3, 0.4) is 0 Å². The van der Waals surface area contributed by atoms with Crippen LogP contribution in [0.25, 0.3) is 0 Å². The Kier molecular flexibility index (Phi) is 5.52. The van der Waals surface area contributed by atoms with Gasteiger partial charge >= 0.3 is 0 Å². The van der Waals surface area contributed by atoms with E-state index in [4.69, 9.17) is 18.9 Å². The zero-order valence-corrected chi connectivity index (χ0v) is 15.1. The average Bonchev–Trinajstić information content (AvgIpc) is 2.68. The molecule has 0 amide bonds. The first-order chi connectivity index (χ1) is 12.8. The molecule has 4 heteroatoms. The molecule has 0 bridgehead atoms. The van der Waals surface area contributed by atoms with Crippen LogP contribution in [-0.4, -0.2) is 20.3 Å². The maximum absolute atomic E-state index is 6.22. The summed E-state index contributed by atoms with van der Waals surface area (Å²) in [5, 5.41) is 0. The Labute approximate surface area is 154 Å². The second-order valence-electron chi connectivity index (χ2n) is 6.09. The number of hydrogen-bond donors (Lipinski definition) is 0. The molecule has 0 saturated heterocycles. The van der Waals surface area contributed by atoms with E-state index in [9.17, 15) is 0 Å². The Hall–Kier alpha value is -2.88. The molecule has 3 rings (SSSR count). The number of para-hydroxylation sites is 2. The Morgan fingerprint density at radius 3 is 2.23 bits per heavy atom. The lowest BCUT2D eigenvalue weighted by Gasteiger charge is -2.40. The van der Waals surface area contributed by atoms with Crippen LogP contribution in [0.4, 0.5) is 0 Å². The summed E-state index contributed by atoms with van der Waals surface area (Å²) in [6.45, 7) is 8.39. The van der Waals surface area contributed by atoms with Gasteiger partial charge in [0.25, 0.3) is 0 Å². The number of hydrogen-bond acceptors (Lipinski definition) is 4. The monoisotopic (exact) mass is 352 g/mol.